The second kappa shape index (κ2) is 9.96. The van der Waals surface area contributed by atoms with Gasteiger partial charge in [-0.3, -0.25) is 14.5 Å². The lowest BCUT2D eigenvalue weighted by Crippen LogP contribution is -2.50. The predicted molar refractivity (Wildman–Crippen MR) is 124 cm³/mol. The smallest absolute Gasteiger partial charge is 0.238 e. The van der Waals surface area contributed by atoms with Crippen molar-refractivity contribution in [3.63, 3.8) is 0 Å². The van der Waals surface area contributed by atoms with Crippen molar-refractivity contribution in [3.05, 3.63) is 59.7 Å². The summed E-state index contributed by atoms with van der Waals surface area (Å²) < 4.78 is 0. The molecule has 0 bridgehead atoms. The Morgan fingerprint density at radius 3 is 2.23 bits per heavy atom. The molecule has 1 N–H and O–H groups in total. The van der Waals surface area contributed by atoms with Crippen LogP contribution in [0, 0.1) is 6.92 Å². The van der Waals surface area contributed by atoms with E-state index in [0.29, 0.717) is 26.1 Å². The van der Waals surface area contributed by atoms with E-state index in [-0.39, 0.29) is 11.8 Å². The highest BCUT2D eigenvalue weighted by atomic mass is 16.2. The number of piperazine rings is 1. The molecule has 0 saturated carbocycles. The molecule has 0 unspecified atom stereocenters. The van der Waals surface area contributed by atoms with Gasteiger partial charge in [0.25, 0.3) is 0 Å². The van der Waals surface area contributed by atoms with Crippen LogP contribution in [0.1, 0.15) is 24.0 Å². The second-order valence-electron chi connectivity index (χ2n) is 8.55. The second-order valence-corrected chi connectivity index (χ2v) is 8.55. The van der Waals surface area contributed by atoms with E-state index in [9.17, 15) is 9.59 Å². The monoisotopic (exact) mass is 420 g/mol. The Bertz CT molecular complexity index is 898. The highest BCUT2D eigenvalue weighted by molar-refractivity contribution is 5.92. The summed E-state index contributed by atoms with van der Waals surface area (Å²) in [5.74, 6) is 0.158. The van der Waals surface area contributed by atoms with Crippen LogP contribution in [0.4, 0.5) is 11.4 Å². The molecule has 2 aromatic rings. The SMILES string of the molecule is Cc1ccccc1CC(=O)N1CCN(CC(=O)Nc2ccc(N3CCCC3)cc2)CC1. The highest BCUT2D eigenvalue weighted by Crippen LogP contribution is 2.22. The highest BCUT2D eigenvalue weighted by Gasteiger charge is 2.23. The third-order valence-electron chi connectivity index (χ3n) is 6.32. The topological polar surface area (TPSA) is 55.9 Å². The van der Waals surface area contributed by atoms with Gasteiger partial charge >= 0.3 is 0 Å². The molecule has 6 heteroatoms. The Balaban J connectivity index is 1.21. The number of amides is 2. The number of carbonyl (C=O) groups is 2. The van der Waals surface area contributed by atoms with Crippen LogP contribution >= 0.6 is 0 Å². The number of nitrogens with one attached hydrogen (secondary N) is 1. The van der Waals surface area contributed by atoms with Crippen LogP contribution in [0.2, 0.25) is 0 Å². The molecular weight excluding hydrogens is 388 g/mol. The van der Waals surface area contributed by atoms with Crippen LogP contribution in [0.5, 0.6) is 0 Å². The fourth-order valence-electron chi connectivity index (χ4n) is 4.37. The van der Waals surface area contributed by atoms with Crippen LogP contribution in [0.15, 0.2) is 48.5 Å². The third kappa shape index (κ3) is 5.64. The van der Waals surface area contributed by atoms with Crippen LogP contribution in [0.25, 0.3) is 0 Å². The third-order valence-corrected chi connectivity index (χ3v) is 6.32. The van der Waals surface area contributed by atoms with Gasteiger partial charge in [-0.05, 0) is 55.2 Å². The predicted octanol–water partition coefficient (Wildman–Crippen LogP) is 2.92. The zero-order chi connectivity index (χ0) is 21.6. The van der Waals surface area contributed by atoms with Crippen LogP contribution in [-0.4, -0.2) is 67.4 Å². The zero-order valence-electron chi connectivity index (χ0n) is 18.3. The fraction of sp³-hybridized carbons (Fsp3) is 0.440. The van der Waals surface area contributed by atoms with Gasteiger partial charge in [-0.25, -0.2) is 0 Å². The lowest BCUT2D eigenvalue weighted by Gasteiger charge is -2.34. The Hall–Kier alpha value is -2.86. The summed E-state index contributed by atoms with van der Waals surface area (Å²) in [6, 6.07) is 16.2. The average Bonchev–Trinajstić information content (AvgIpc) is 3.31. The summed E-state index contributed by atoms with van der Waals surface area (Å²) in [6.07, 6.45) is 2.95. The van der Waals surface area contributed by atoms with E-state index in [1.807, 2.05) is 48.2 Å². The van der Waals surface area contributed by atoms with Gasteiger partial charge in [0.05, 0.1) is 13.0 Å². The number of anilines is 2. The normalized spacial score (nSPS) is 17.1. The molecule has 2 aliphatic rings. The maximum Gasteiger partial charge on any atom is 0.238 e. The summed E-state index contributed by atoms with van der Waals surface area (Å²) in [4.78, 5) is 31.5. The van der Waals surface area contributed by atoms with Crippen molar-refractivity contribution in [1.29, 1.82) is 0 Å². The molecule has 0 atom stereocenters. The van der Waals surface area contributed by atoms with Crippen LogP contribution < -0.4 is 10.2 Å². The summed E-state index contributed by atoms with van der Waals surface area (Å²) in [6.45, 7) is 7.41. The van der Waals surface area contributed by atoms with Crippen molar-refractivity contribution in [1.82, 2.24) is 9.80 Å². The van der Waals surface area contributed by atoms with Gasteiger partial charge in [0.2, 0.25) is 11.8 Å². The minimum atomic E-state index is -0.00592. The Morgan fingerprint density at radius 1 is 0.871 bits per heavy atom. The minimum absolute atomic E-state index is 0.00592. The number of benzene rings is 2. The van der Waals surface area contributed by atoms with E-state index in [0.717, 1.165) is 43.0 Å². The summed E-state index contributed by atoms with van der Waals surface area (Å²) in [7, 11) is 0. The molecule has 2 heterocycles. The van der Waals surface area contributed by atoms with Gasteiger partial charge in [0.15, 0.2) is 0 Å². The molecule has 2 saturated heterocycles. The first kappa shape index (κ1) is 21.4. The van der Waals surface area contributed by atoms with E-state index < -0.39 is 0 Å². The molecule has 0 aliphatic carbocycles. The van der Waals surface area contributed by atoms with Gasteiger partial charge in [-0.1, -0.05) is 24.3 Å². The molecular formula is C25H32N4O2. The Labute approximate surface area is 184 Å². The van der Waals surface area contributed by atoms with Gasteiger partial charge in [0, 0.05) is 50.6 Å². The van der Waals surface area contributed by atoms with Crippen molar-refractivity contribution in [3.8, 4) is 0 Å². The molecule has 0 spiro atoms. The van der Waals surface area contributed by atoms with Gasteiger partial charge in [-0.15, -0.1) is 0 Å². The number of nitrogens with zero attached hydrogens (tertiary/aromatic N) is 3. The number of hydrogen-bond acceptors (Lipinski definition) is 4. The van der Waals surface area contributed by atoms with E-state index in [1.165, 1.54) is 18.5 Å². The van der Waals surface area contributed by atoms with Crippen molar-refractivity contribution >= 4 is 23.2 Å². The first-order chi connectivity index (χ1) is 15.1. The molecule has 2 aromatic carbocycles. The molecule has 0 radical (unpaired) electrons. The largest absolute Gasteiger partial charge is 0.372 e. The van der Waals surface area contributed by atoms with Gasteiger partial charge in [-0.2, -0.15) is 0 Å². The van der Waals surface area contributed by atoms with Gasteiger partial charge < -0.3 is 15.1 Å². The molecule has 31 heavy (non-hydrogen) atoms. The molecule has 0 aromatic heterocycles. The minimum Gasteiger partial charge on any atom is -0.372 e. The number of aryl methyl sites for hydroxylation is 1. The lowest BCUT2D eigenvalue weighted by molar-refractivity contribution is -0.132. The lowest BCUT2D eigenvalue weighted by atomic mass is 10.1. The molecule has 4 rings (SSSR count). The van der Waals surface area contributed by atoms with Crippen molar-refractivity contribution in [2.75, 3.05) is 56.0 Å². The zero-order valence-corrected chi connectivity index (χ0v) is 18.3. The standard InChI is InChI=1S/C25H32N4O2/c1-20-6-2-3-7-21(20)18-25(31)29-16-14-27(15-17-29)19-24(30)26-22-8-10-23(11-9-22)28-12-4-5-13-28/h2-3,6-11H,4-5,12-19H2,1H3,(H,26,30). The van der Waals surface area contributed by atoms with Crippen molar-refractivity contribution in [2.24, 2.45) is 0 Å². The van der Waals surface area contributed by atoms with E-state index in [2.05, 4.69) is 27.2 Å². The summed E-state index contributed by atoms with van der Waals surface area (Å²) in [5.41, 5.74) is 4.30. The van der Waals surface area contributed by atoms with E-state index in [1.54, 1.807) is 0 Å². The van der Waals surface area contributed by atoms with Gasteiger partial charge in [0.1, 0.15) is 0 Å². The number of rotatable bonds is 6. The molecule has 164 valence electrons. The first-order valence-electron chi connectivity index (χ1n) is 11.3. The van der Waals surface area contributed by atoms with E-state index >= 15 is 0 Å². The average molecular weight is 421 g/mol. The molecule has 2 fully saturated rings. The Kier molecular flexibility index (Phi) is 6.87. The Morgan fingerprint density at radius 2 is 1.55 bits per heavy atom. The molecule has 6 nitrogen and oxygen atoms in total. The quantitative estimate of drug-likeness (QED) is 0.781. The summed E-state index contributed by atoms with van der Waals surface area (Å²) >= 11 is 0. The maximum absolute atomic E-state index is 12.6. The molecule has 2 aliphatic heterocycles. The molecule has 2 amide bonds. The van der Waals surface area contributed by atoms with Crippen LogP contribution in [-0.2, 0) is 16.0 Å². The van der Waals surface area contributed by atoms with Crippen LogP contribution in [0.3, 0.4) is 0 Å². The van der Waals surface area contributed by atoms with Crippen molar-refractivity contribution < 1.29 is 9.59 Å². The van der Waals surface area contributed by atoms with E-state index in [4.69, 9.17) is 0 Å². The maximum atomic E-state index is 12.6. The number of hydrogen-bond donors (Lipinski definition) is 1. The number of carbonyl (C=O) groups excluding carboxylic acids is 2. The van der Waals surface area contributed by atoms with Crippen molar-refractivity contribution in [2.45, 2.75) is 26.2 Å². The first-order valence-corrected chi connectivity index (χ1v) is 11.3. The summed E-state index contributed by atoms with van der Waals surface area (Å²) in [5, 5.41) is 3.00. The fourth-order valence-corrected chi connectivity index (χ4v) is 4.37.